The van der Waals surface area contributed by atoms with Crippen molar-refractivity contribution in [1.29, 1.82) is 0 Å². The van der Waals surface area contributed by atoms with Gasteiger partial charge < -0.3 is 15.4 Å². The highest BCUT2D eigenvalue weighted by Gasteiger charge is 2.22. The number of aromatic nitrogens is 1. The molecule has 0 saturated carbocycles. The Morgan fingerprint density at radius 1 is 0.902 bits per heavy atom. The molecule has 2 N–H and O–H groups in total. The van der Waals surface area contributed by atoms with E-state index in [0.29, 0.717) is 0 Å². The van der Waals surface area contributed by atoms with Crippen LogP contribution in [0.25, 0.3) is 27.2 Å². The molecule has 0 radical (unpaired) electrons. The molecule has 1 aliphatic heterocycles. The smallest absolute Gasteiger partial charge is 0.129 e. The number of nitrogens with two attached hydrogens (primary N) is 1. The number of anilines is 2. The van der Waals surface area contributed by atoms with Crippen molar-refractivity contribution >= 4 is 38.8 Å². The van der Waals surface area contributed by atoms with Crippen LogP contribution in [0.4, 0.5) is 11.5 Å². The molecular formula is C36H40N4O. The number of hydrogen-bond acceptors (Lipinski definition) is 5. The quantitative estimate of drug-likeness (QED) is 0.197. The first-order valence-electron chi connectivity index (χ1n) is 15.3. The second kappa shape index (κ2) is 11.2. The zero-order valence-electron chi connectivity index (χ0n) is 24.2. The lowest BCUT2D eigenvalue weighted by atomic mass is 9.79. The normalized spacial score (nSPS) is 17.2. The number of aryl methyl sites for hydroxylation is 2. The van der Waals surface area contributed by atoms with E-state index < -0.39 is 0 Å². The molecule has 1 fully saturated rings. The molecule has 0 bridgehead atoms. The molecule has 2 heterocycles. The number of ether oxygens (including phenoxy) is 1. The molecule has 3 aromatic carbocycles. The Kier molecular flexibility index (Phi) is 7.14. The Balaban J connectivity index is 0.938. The lowest BCUT2D eigenvalue weighted by Crippen LogP contribution is -2.46. The van der Waals surface area contributed by atoms with E-state index in [1.165, 1.54) is 58.7 Å². The van der Waals surface area contributed by atoms with Crippen LogP contribution in [0.1, 0.15) is 48.8 Å². The maximum absolute atomic E-state index is 6.64. The van der Waals surface area contributed by atoms with Gasteiger partial charge in [0, 0.05) is 37.3 Å². The van der Waals surface area contributed by atoms with Crippen molar-refractivity contribution in [3.05, 3.63) is 89.0 Å². The minimum Gasteiger partial charge on any atom is -0.496 e. The molecule has 0 amide bonds. The van der Waals surface area contributed by atoms with Gasteiger partial charge in [-0.1, -0.05) is 35.9 Å². The summed E-state index contributed by atoms with van der Waals surface area (Å²) in [6.45, 7) is 5.32. The number of methoxy groups -OCH3 is 1. The Morgan fingerprint density at radius 2 is 1.80 bits per heavy atom. The zero-order valence-corrected chi connectivity index (χ0v) is 24.2. The number of piperazine rings is 1. The lowest BCUT2D eigenvalue weighted by molar-refractivity contribution is 0.252. The molecule has 5 nitrogen and oxygen atoms in total. The Bertz CT molecular complexity index is 1660. The third kappa shape index (κ3) is 5.08. The van der Waals surface area contributed by atoms with Crippen LogP contribution >= 0.6 is 0 Å². The van der Waals surface area contributed by atoms with Crippen LogP contribution in [0.5, 0.6) is 5.75 Å². The van der Waals surface area contributed by atoms with Crippen LogP contribution in [0.15, 0.2) is 72.3 Å². The van der Waals surface area contributed by atoms with E-state index in [-0.39, 0.29) is 0 Å². The van der Waals surface area contributed by atoms with E-state index in [1.54, 1.807) is 12.7 Å². The van der Waals surface area contributed by atoms with Crippen molar-refractivity contribution in [3.8, 4) is 5.75 Å². The molecule has 4 aromatic rings. The van der Waals surface area contributed by atoms with Gasteiger partial charge in [-0.25, -0.2) is 4.98 Å². The molecule has 210 valence electrons. The molecule has 0 atom stereocenters. The predicted octanol–water partition coefficient (Wildman–Crippen LogP) is 7.17. The maximum atomic E-state index is 6.64. The molecule has 2 aliphatic carbocycles. The number of fused-ring (bicyclic) bond motifs is 5. The van der Waals surface area contributed by atoms with E-state index >= 15 is 0 Å². The average Bonchev–Trinajstić information content (AvgIpc) is 3.02. The summed E-state index contributed by atoms with van der Waals surface area (Å²) in [6.07, 6.45) is 12.8. The van der Waals surface area contributed by atoms with Gasteiger partial charge in [-0.2, -0.15) is 0 Å². The van der Waals surface area contributed by atoms with Crippen molar-refractivity contribution in [2.75, 3.05) is 50.5 Å². The van der Waals surface area contributed by atoms with Crippen LogP contribution in [-0.2, 0) is 12.8 Å². The fourth-order valence-corrected chi connectivity index (χ4v) is 7.09. The molecule has 0 spiro atoms. The summed E-state index contributed by atoms with van der Waals surface area (Å²) >= 11 is 0. The fraction of sp³-hybridized carbons (Fsp3) is 0.361. The zero-order chi connectivity index (χ0) is 27.8. The van der Waals surface area contributed by atoms with Crippen molar-refractivity contribution in [3.63, 3.8) is 0 Å². The van der Waals surface area contributed by atoms with Crippen LogP contribution in [0.2, 0.25) is 0 Å². The fourth-order valence-electron chi connectivity index (χ4n) is 7.09. The maximum Gasteiger partial charge on any atom is 0.129 e. The SMILES string of the molecule is COc1cccc2nc(N3CCN(CCCCc4cc5ccc6c(c5cc4N)CCC4=C6C=CCC4)CC3)ccc12. The van der Waals surface area contributed by atoms with Crippen LogP contribution in [-0.4, -0.2) is 49.7 Å². The number of nitrogen functional groups attached to an aromatic ring is 1. The monoisotopic (exact) mass is 544 g/mol. The first-order valence-corrected chi connectivity index (χ1v) is 15.3. The number of allylic oxidation sites excluding steroid dienone is 4. The Morgan fingerprint density at radius 3 is 2.68 bits per heavy atom. The minimum atomic E-state index is 0.879. The first kappa shape index (κ1) is 26.1. The molecular weight excluding hydrogens is 504 g/mol. The van der Waals surface area contributed by atoms with Gasteiger partial charge in [-0.3, -0.25) is 4.90 Å². The lowest BCUT2D eigenvalue weighted by Gasteiger charge is -2.35. The van der Waals surface area contributed by atoms with Gasteiger partial charge in [0.05, 0.1) is 12.6 Å². The summed E-state index contributed by atoms with van der Waals surface area (Å²) in [5.74, 6) is 1.94. The molecule has 7 rings (SSSR count). The molecule has 5 heteroatoms. The van der Waals surface area contributed by atoms with E-state index in [1.807, 2.05) is 12.1 Å². The van der Waals surface area contributed by atoms with Crippen molar-refractivity contribution < 1.29 is 4.74 Å². The Hall–Kier alpha value is -3.83. The van der Waals surface area contributed by atoms with Crippen LogP contribution < -0.4 is 15.4 Å². The standard InChI is InChI=1S/C36H40N4O/c1-41-35-11-6-10-34-31(35)16-17-36(38-34)40-21-19-39(20-22-40)18-5-4-8-27-23-26-13-15-29-28-9-3-2-7-25(28)12-14-30(29)32(26)24-33(27)37/h3,6,9-11,13,15-17,23-24H,2,4-5,7-8,12,14,18-22,37H2,1H3. The Labute approximate surface area is 243 Å². The third-order valence-electron chi connectivity index (χ3n) is 9.40. The molecule has 1 aromatic heterocycles. The number of benzene rings is 3. The topological polar surface area (TPSA) is 54.6 Å². The summed E-state index contributed by atoms with van der Waals surface area (Å²) in [7, 11) is 1.71. The number of pyridine rings is 1. The average molecular weight is 545 g/mol. The summed E-state index contributed by atoms with van der Waals surface area (Å²) in [6, 6.07) is 19.6. The van der Waals surface area contributed by atoms with E-state index in [0.717, 1.165) is 80.1 Å². The van der Waals surface area contributed by atoms with E-state index in [9.17, 15) is 0 Å². The highest BCUT2D eigenvalue weighted by atomic mass is 16.5. The first-order chi connectivity index (χ1) is 20.2. The van der Waals surface area contributed by atoms with Gasteiger partial charge in [-0.15, -0.1) is 0 Å². The van der Waals surface area contributed by atoms with Gasteiger partial charge >= 0.3 is 0 Å². The van der Waals surface area contributed by atoms with Crippen LogP contribution in [0, 0.1) is 0 Å². The van der Waals surface area contributed by atoms with Crippen molar-refractivity contribution in [2.45, 2.75) is 44.9 Å². The highest BCUT2D eigenvalue weighted by Crippen LogP contribution is 2.40. The van der Waals surface area contributed by atoms with E-state index in [4.69, 9.17) is 15.5 Å². The van der Waals surface area contributed by atoms with Crippen LogP contribution in [0.3, 0.4) is 0 Å². The van der Waals surface area contributed by atoms with Gasteiger partial charge in [0.25, 0.3) is 0 Å². The minimum absolute atomic E-state index is 0.879. The number of unbranched alkanes of at least 4 members (excludes halogenated alkanes) is 1. The van der Waals surface area contributed by atoms with E-state index in [2.05, 4.69) is 64.4 Å². The molecule has 3 aliphatic rings. The van der Waals surface area contributed by atoms with Gasteiger partial charge in [0.15, 0.2) is 0 Å². The summed E-state index contributed by atoms with van der Waals surface area (Å²) in [5.41, 5.74) is 15.9. The number of rotatable bonds is 7. The summed E-state index contributed by atoms with van der Waals surface area (Å²) < 4.78 is 5.49. The summed E-state index contributed by atoms with van der Waals surface area (Å²) in [4.78, 5) is 9.93. The summed E-state index contributed by atoms with van der Waals surface area (Å²) in [5, 5.41) is 3.76. The van der Waals surface area contributed by atoms with Gasteiger partial charge in [-0.05, 0) is 121 Å². The number of hydrogen-bond donors (Lipinski definition) is 1. The third-order valence-corrected chi connectivity index (χ3v) is 9.40. The molecule has 0 unspecified atom stereocenters. The largest absolute Gasteiger partial charge is 0.496 e. The second-order valence-corrected chi connectivity index (χ2v) is 11.8. The second-order valence-electron chi connectivity index (χ2n) is 11.8. The highest BCUT2D eigenvalue weighted by molar-refractivity contribution is 5.96. The predicted molar refractivity (Wildman–Crippen MR) is 172 cm³/mol. The molecule has 1 saturated heterocycles. The number of nitrogens with zero attached hydrogens (tertiary/aromatic N) is 3. The van der Waals surface area contributed by atoms with Crippen molar-refractivity contribution in [1.82, 2.24) is 9.88 Å². The molecule has 41 heavy (non-hydrogen) atoms. The van der Waals surface area contributed by atoms with Gasteiger partial charge in [0.2, 0.25) is 0 Å². The van der Waals surface area contributed by atoms with Gasteiger partial charge in [0.1, 0.15) is 11.6 Å². The van der Waals surface area contributed by atoms with Crippen molar-refractivity contribution in [2.24, 2.45) is 0 Å².